The van der Waals surface area contributed by atoms with Gasteiger partial charge in [0, 0.05) is 47.9 Å². The Morgan fingerprint density at radius 1 is 1.12 bits per heavy atom. The Morgan fingerprint density at radius 2 is 1.83 bits per heavy atom. The van der Waals surface area contributed by atoms with Gasteiger partial charge in [-0.1, -0.05) is 17.3 Å². The molecule has 2 atom stereocenters. The number of alkyl halides is 3. The smallest absolute Gasteiger partial charge is 0.478 e. The number of pyridine rings is 1. The average molecular weight is 583 g/mol. The van der Waals surface area contributed by atoms with Crippen molar-refractivity contribution in [3.8, 4) is 17.0 Å². The van der Waals surface area contributed by atoms with E-state index in [4.69, 9.17) is 4.52 Å². The molecule has 1 aromatic carbocycles. The van der Waals surface area contributed by atoms with Crippen molar-refractivity contribution in [1.29, 1.82) is 0 Å². The predicted molar refractivity (Wildman–Crippen MR) is 147 cm³/mol. The van der Waals surface area contributed by atoms with Crippen molar-refractivity contribution in [2.75, 3.05) is 11.9 Å². The van der Waals surface area contributed by atoms with Gasteiger partial charge in [0.25, 0.3) is 0 Å². The number of rotatable bonds is 8. The zero-order chi connectivity index (χ0) is 29.2. The first-order valence-corrected chi connectivity index (χ1v) is 14.6. The highest BCUT2D eigenvalue weighted by Gasteiger charge is 2.55. The Labute approximate surface area is 241 Å². The van der Waals surface area contributed by atoms with Gasteiger partial charge in [0.2, 0.25) is 0 Å². The summed E-state index contributed by atoms with van der Waals surface area (Å²) in [5.41, 5.74) is 2.05. The van der Waals surface area contributed by atoms with E-state index in [0.717, 1.165) is 68.5 Å². The minimum absolute atomic E-state index is 0.246. The van der Waals surface area contributed by atoms with Crippen LogP contribution in [0.2, 0.25) is 0 Å². The van der Waals surface area contributed by atoms with Crippen molar-refractivity contribution in [3.05, 3.63) is 59.5 Å². The number of fused-ring (bicyclic) bond motifs is 2. The molecule has 4 fully saturated rings. The quantitative estimate of drug-likeness (QED) is 0.317. The van der Waals surface area contributed by atoms with E-state index < -0.39 is 12.3 Å². The Kier molecular flexibility index (Phi) is 6.49. The van der Waals surface area contributed by atoms with E-state index >= 15 is 0 Å². The van der Waals surface area contributed by atoms with Crippen molar-refractivity contribution < 1.29 is 32.3 Å². The number of carbonyl (C=O) groups is 1. The van der Waals surface area contributed by atoms with Crippen LogP contribution in [0.5, 0.6) is 5.75 Å². The Balaban J connectivity index is 1.06. The maximum atomic E-state index is 13.1. The molecular weight excluding hydrogens is 549 g/mol. The Bertz CT molecular complexity index is 1480. The highest BCUT2D eigenvalue weighted by Crippen LogP contribution is 2.58. The molecule has 4 heterocycles. The molecule has 42 heavy (non-hydrogen) atoms. The first-order chi connectivity index (χ1) is 20.1. The molecule has 7 rings (SSSR count). The first kappa shape index (κ1) is 27.2. The predicted octanol–water partition coefficient (Wildman–Crippen LogP) is 6.62. The number of benzene rings is 1. The number of aromatic nitrogens is 2. The molecule has 4 aliphatic rings. The molecule has 3 aromatic rings. The van der Waals surface area contributed by atoms with Gasteiger partial charge in [-0.3, -0.25) is 4.90 Å². The van der Waals surface area contributed by atoms with Crippen LogP contribution in [0.15, 0.2) is 47.1 Å². The zero-order valence-corrected chi connectivity index (χ0v) is 23.3. The lowest BCUT2D eigenvalue weighted by Gasteiger charge is -2.57. The number of piperidine rings is 1. The monoisotopic (exact) mass is 582 g/mol. The fraction of sp³-hybridized carbons (Fsp3) is 0.516. The summed E-state index contributed by atoms with van der Waals surface area (Å²) < 4.78 is 49.5. The third-order valence-corrected chi connectivity index (χ3v) is 9.72. The van der Waals surface area contributed by atoms with Crippen molar-refractivity contribution in [2.45, 2.75) is 88.3 Å². The van der Waals surface area contributed by atoms with Gasteiger partial charge < -0.3 is 19.3 Å². The number of hydrogen-bond donors (Lipinski definition) is 1. The van der Waals surface area contributed by atoms with Crippen LogP contribution in [0.3, 0.4) is 0 Å². The van der Waals surface area contributed by atoms with E-state index in [-0.39, 0.29) is 28.2 Å². The van der Waals surface area contributed by atoms with Crippen LogP contribution in [-0.2, 0) is 6.54 Å². The molecule has 2 aliphatic carbocycles. The van der Waals surface area contributed by atoms with Crippen LogP contribution in [0.1, 0.15) is 79.0 Å². The van der Waals surface area contributed by atoms with E-state index in [1.807, 2.05) is 0 Å². The first-order valence-electron chi connectivity index (χ1n) is 14.6. The van der Waals surface area contributed by atoms with Crippen molar-refractivity contribution in [3.63, 3.8) is 0 Å². The van der Waals surface area contributed by atoms with Crippen molar-refractivity contribution in [1.82, 2.24) is 15.0 Å². The van der Waals surface area contributed by atoms with Crippen LogP contribution >= 0.6 is 0 Å². The molecule has 2 saturated heterocycles. The fourth-order valence-electron chi connectivity index (χ4n) is 7.70. The van der Waals surface area contributed by atoms with Gasteiger partial charge in [-0.15, -0.1) is 13.2 Å². The van der Waals surface area contributed by atoms with Gasteiger partial charge in [-0.05, 0) is 88.1 Å². The van der Waals surface area contributed by atoms with Crippen LogP contribution in [0.25, 0.3) is 11.3 Å². The largest absolute Gasteiger partial charge is 0.573 e. The number of anilines is 1. The molecule has 222 valence electrons. The van der Waals surface area contributed by atoms with Gasteiger partial charge in [-0.2, -0.15) is 0 Å². The van der Waals surface area contributed by atoms with Crippen LogP contribution in [0.4, 0.5) is 19.0 Å². The molecule has 2 saturated carbocycles. The number of nitrogens with zero attached hydrogens (tertiary/aromatic N) is 4. The van der Waals surface area contributed by atoms with Gasteiger partial charge in [0.15, 0.2) is 0 Å². The molecule has 2 aliphatic heterocycles. The third-order valence-electron chi connectivity index (χ3n) is 9.72. The molecule has 2 aromatic heterocycles. The summed E-state index contributed by atoms with van der Waals surface area (Å²) in [6.07, 6.45) is 5.14. The Morgan fingerprint density at radius 3 is 2.50 bits per heavy atom. The lowest BCUT2D eigenvalue weighted by molar-refractivity contribution is -0.274. The van der Waals surface area contributed by atoms with Crippen molar-refractivity contribution >= 4 is 11.8 Å². The molecule has 11 heteroatoms. The van der Waals surface area contributed by atoms with Gasteiger partial charge in [0.1, 0.15) is 23.0 Å². The fourth-order valence-corrected chi connectivity index (χ4v) is 7.70. The minimum Gasteiger partial charge on any atom is -0.478 e. The summed E-state index contributed by atoms with van der Waals surface area (Å²) in [4.78, 5) is 20.7. The number of ether oxygens (including phenoxy) is 1. The Hall–Kier alpha value is -3.60. The molecule has 0 radical (unpaired) electrons. The zero-order valence-electron chi connectivity index (χ0n) is 23.3. The standard InChI is InChI=1S/C31H33F3N4O4/c1-37(17-24-27(36-42-28(24)18-6-7-18)23-4-2-3-5-25(23)41-31(32,33)34)22-15-30(16-22)13-20-8-9-21(14-30)38(20)26-12-19(29(39)40)10-11-35-26/h2-5,10-12,18,20-22H,6-9,13-17H2,1H3,(H,39,40). The summed E-state index contributed by atoms with van der Waals surface area (Å²) in [5, 5.41) is 13.7. The van der Waals surface area contributed by atoms with Crippen LogP contribution in [0, 0.1) is 5.41 Å². The summed E-state index contributed by atoms with van der Waals surface area (Å²) in [7, 11) is 2.08. The minimum atomic E-state index is -4.81. The van der Waals surface area contributed by atoms with E-state index in [1.54, 1.807) is 24.4 Å². The second-order valence-corrected chi connectivity index (χ2v) is 12.6. The molecule has 2 unspecified atom stereocenters. The summed E-state index contributed by atoms with van der Waals surface area (Å²) in [5.74, 6) is 0.563. The molecule has 0 amide bonds. The molecule has 2 bridgehead atoms. The van der Waals surface area contributed by atoms with Gasteiger partial charge in [-0.25, -0.2) is 9.78 Å². The highest BCUT2D eigenvalue weighted by atomic mass is 19.4. The highest BCUT2D eigenvalue weighted by molar-refractivity contribution is 5.88. The maximum absolute atomic E-state index is 13.1. The second kappa shape index (κ2) is 10.00. The number of aromatic carboxylic acids is 1. The molecule has 1 N–H and O–H groups in total. The third kappa shape index (κ3) is 5.01. The number of para-hydroxylation sites is 1. The summed E-state index contributed by atoms with van der Waals surface area (Å²) >= 11 is 0. The van der Waals surface area contributed by atoms with Crippen LogP contribution in [-0.4, -0.2) is 57.7 Å². The summed E-state index contributed by atoms with van der Waals surface area (Å²) in [6.45, 7) is 0.538. The maximum Gasteiger partial charge on any atom is 0.573 e. The molecule has 1 spiro atoms. The van der Waals surface area contributed by atoms with Crippen LogP contribution < -0.4 is 9.64 Å². The van der Waals surface area contributed by atoms with Crippen molar-refractivity contribution in [2.24, 2.45) is 5.41 Å². The second-order valence-electron chi connectivity index (χ2n) is 12.6. The topological polar surface area (TPSA) is 91.9 Å². The van der Waals surface area contributed by atoms with Gasteiger partial charge >= 0.3 is 12.3 Å². The molecule has 8 nitrogen and oxygen atoms in total. The number of carboxylic acids is 1. The lowest BCUT2D eigenvalue weighted by atomic mass is 9.58. The number of halogens is 3. The normalized spacial score (nSPS) is 27.0. The number of hydrogen-bond acceptors (Lipinski definition) is 7. The van der Waals surface area contributed by atoms with E-state index in [9.17, 15) is 23.1 Å². The molecular formula is C31H33F3N4O4. The SMILES string of the molecule is CN(Cc1c(-c2ccccc2OC(F)(F)F)noc1C1CC1)C1CC2(C1)CC1CCC(C2)N1c1cc(C(=O)O)ccn1. The van der Waals surface area contributed by atoms with Gasteiger partial charge in [0.05, 0.1) is 5.56 Å². The summed E-state index contributed by atoms with van der Waals surface area (Å²) in [6, 6.07) is 10.4. The average Bonchev–Trinajstić information content (AvgIpc) is 3.63. The van der Waals surface area contributed by atoms with E-state index in [0.29, 0.717) is 30.4 Å². The number of carboxylic acid groups (broad SMARTS) is 1. The lowest BCUT2D eigenvalue weighted by Crippen LogP contribution is -2.57. The van der Waals surface area contributed by atoms with E-state index in [1.165, 1.54) is 18.2 Å². The van der Waals surface area contributed by atoms with E-state index in [2.05, 4.69) is 31.7 Å².